The molecule has 1 aromatic carbocycles. The Hall–Kier alpha value is -3.61. The molecule has 7 heteroatoms. The SMILES string of the molecule is Cc1ccc(C(=O)C2C(=O)C(=O)N(CCCn3ccnc3)C2c2cccnc2)cc1. The van der Waals surface area contributed by atoms with E-state index in [4.69, 9.17) is 0 Å². The molecule has 0 N–H and O–H groups in total. The number of hydrogen-bond acceptors (Lipinski definition) is 5. The van der Waals surface area contributed by atoms with Crippen molar-refractivity contribution in [2.24, 2.45) is 5.92 Å². The van der Waals surface area contributed by atoms with Crippen molar-refractivity contribution in [1.82, 2.24) is 19.4 Å². The van der Waals surface area contributed by atoms with Gasteiger partial charge in [0, 0.05) is 43.4 Å². The zero-order valence-electron chi connectivity index (χ0n) is 16.6. The Balaban J connectivity index is 1.64. The molecule has 0 aliphatic carbocycles. The lowest BCUT2D eigenvalue weighted by Gasteiger charge is -2.27. The fourth-order valence-electron chi connectivity index (χ4n) is 3.89. The van der Waals surface area contributed by atoms with Gasteiger partial charge in [0.2, 0.25) is 5.78 Å². The number of aryl methyl sites for hydroxylation is 2. The van der Waals surface area contributed by atoms with Gasteiger partial charge in [-0.2, -0.15) is 0 Å². The number of rotatable bonds is 7. The van der Waals surface area contributed by atoms with Gasteiger partial charge in [0.25, 0.3) is 5.91 Å². The maximum absolute atomic E-state index is 13.3. The van der Waals surface area contributed by atoms with Crippen LogP contribution in [0.4, 0.5) is 0 Å². The van der Waals surface area contributed by atoms with Gasteiger partial charge in [0.05, 0.1) is 12.4 Å². The van der Waals surface area contributed by atoms with E-state index in [0.29, 0.717) is 30.6 Å². The van der Waals surface area contributed by atoms with E-state index >= 15 is 0 Å². The molecule has 1 amide bonds. The van der Waals surface area contributed by atoms with Crippen molar-refractivity contribution in [3.05, 3.63) is 84.2 Å². The van der Waals surface area contributed by atoms with Crippen LogP contribution in [0.2, 0.25) is 0 Å². The van der Waals surface area contributed by atoms with Crippen LogP contribution in [0.3, 0.4) is 0 Å². The summed E-state index contributed by atoms with van der Waals surface area (Å²) < 4.78 is 1.91. The Morgan fingerprint density at radius 1 is 1.03 bits per heavy atom. The van der Waals surface area contributed by atoms with Crippen molar-refractivity contribution < 1.29 is 14.4 Å². The van der Waals surface area contributed by atoms with Gasteiger partial charge in [-0.1, -0.05) is 35.9 Å². The summed E-state index contributed by atoms with van der Waals surface area (Å²) >= 11 is 0. The summed E-state index contributed by atoms with van der Waals surface area (Å²) in [6, 6.07) is 9.97. The third-order valence-corrected chi connectivity index (χ3v) is 5.42. The van der Waals surface area contributed by atoms with E-state index in [0.717, 1.165) is 5.56 Å². The minimum atomic E-state index is -1.07. The average Bonchev–Trinajstić information content (AvgIpc) is 3.37. The second-order valence-electron chi connectivity index (χ2n) is 7.46. The number of Topliss-reactive ketones (excluding diaryl/α,β-unsaturated/α-hetero) is 2. The number of ketones is 2. The zero-order valence-corrected chi connectivity index (χ0v) is 16.6. The van der Waals surface area contributed by atoms with E-state index in [-0.39, 0.29) is 5.78 Å². The lowest BCUT2D eigenvalue weighted by molar-refractivity contribution is -0.140. The molecule has 1 fully saturated rings. The Kier molecular flexibility index (Phi) is 5.52. The smallest absolute Gasteiger partial charge is 0.291 e. The van der Waals surface area contributed by atoms with Crippen molar-refractivity contribution in [3.63, 3.8) is 0 Å². The first-order valence-corrected chi connectivity index (χ1v) is 9.87. The molecule has 1 aliphatic rings. The van der Waals surface area contributed by atoms with E-state index in [1.165, 1.54) is 4.90 Å². The Bertz CT molecular complexity index is 1050. The topological polar surface area (TPSA) is 85.2 Å². The van der Waals surface area contributed by atoms with Crippen LogP contribution in [0.1, 0.15) is 33.9 Å². The Labute approximate surface area is 174 Å². The minimum absolute atomic E-state index is 0.334. The number of nitrogens with zero attached hydrogens (tertiary/aromatic N) is 4. The average molecular weight is 402 g/mol. The quantitative estimate of drug-likeness (QED) is 0.345. The number of likely N-dealkylation sites (tertiary alicyclic amines) is 1. The first kappa shape index (κ1) is 19.7. The predicted molar refractivity (Wildman–Crippen MR) is 110 cm³/mol. The first-order valence-electron chi connectivity index (χ1n) is 9.87. The summed E-state index contributed by atoms with van der Waals surface area (Å²) in [5.41, 5.74) is 2.14. The van der Waals surface area contributed by atoms with E-state index in [2.05, 4.69) is 9.97 Å². The number of carbonyl (C=O) groups is 3. The van der Waals surface area contributed by atoms with Crippen LogP contribution >= 0.6 is 0 Å². The summed E-state index contributed by atoms with van der Waals surface area (Å²) in [7, 11) is 0. The molecule has 0 spiro atoms. The number of pyridine rings is 1. The summed E-state index contributed by atoms with van der Waals surface area (Å²) in [6.45, 7) is 2.95. The monoisotopic (exact) mass is 402 g/mol. The fraction of sp³-hybridized carbons (Fsp3) is 0.261. The van der Waals surface area contributed by atoms with Crippen LogP contribution in [-0.2, 0) is 16.1 Å². The number of aromatic nitrogens is 3. The van der Waals surface area contributed by atoms with Crippen molar-refractivity contribution in [3.8, 4) is 0 Å². The second kappa shape index (κ2) is 8.41. The molecule has 2 aromatic heterocycles. The van der Waals surface area contributed by atoms with Crippen LogP contribution in [0.5, 0.6) is 0 Å². The maximum atomic E-state index is 13.3. The Morgan fingerprint density at radius 3 is 2.50 bits per heavy atom. The van der Waals surface area contributed by atoms with Gasteiger partial charge in [0.15, 0.2) is 5.78 Å². The number of benzene rings is 1. The normalized spacial score (nSPS) is 18.8. The molecule has 0 saturated carbocycles. The lowest BCUT2D eigenvalue weighted by Crippen LogP contribution is -2.32. The predicted octanol–water partition coefficient (Wildman–Crippen LogP) is 2.63. The molecule has 0 bridgehead atoms. The van der Waals surface area contributed by atoms with Gasteiger partial charge >= 0.3 is 0 Å². The summed E-state index contributed by atoms with van der Waals surface area (Å²) in [6.07, 6.45) is 9.13. The highest BCUT2D eigenvalue weighted by molar-refractivity contribution is 6.44. The highest BCUT2D eigenvalue weighted by Gasteiger charge is 2.51. The molecular weight excluding hydrogens is 380 g/mol. The van der Waals surface area contributed by atoms with Crippen molar-refractivity contribution >= 4 is 17.5 Å². The lowest BCUT2D eigenvalue weighted by atomic mass is 9.86. The summed E-state index contributed by atoms with van der Waals surface area (Å²) in [5.74, 6) is -2.67. The van der Waals surface area contributed by atoms with Crippen LogP contribution in [0, 0.1) is 12.8 Å². The van der Waals surface area contributed by atoms with Gasteiger partial charge < -0.3 is 9.47 Å². The van der Waals surface area contributed by atoms with Crippen LogP contribution in [-0.4, -0.2) is 43.5 Å². The highest BCUT2D eigenvalue weighted by Crippen LogP contribution is 2.38. The summed E-state index contributed by atoms with van der Waals surface area (Å²) in [4.78, 5) is 48.7. The third-order valence-electron chi connectivity index (χ3n) is 5.42. The van der Waals surface area contributed by atoms with Crippen molar-refractivity contribution in [2.45, 2.75) is 25.9 Å². The maximum Gasteiger partial charge on any atom is 0.291 e. The molecule has 4 rings (SSSR count). The van der Waals surface area contributed by atoms with Gasteiger partial charge in [-0.15, -0.1) is 0 Å². The van der Waals surface area contributed by atoms with Crippen LogP contribution in [0.25, 0.3) is 0 Å². The van der Waals surface area contributed by atoms with Gasteiger partial charge in [0.1, 0.15) is 5.92 Å². The van der Waals surface area contributed by atoms with Gasteiger partial charge in [-0.3, -0.25) is 19.4 Å². The standard InChI is InChI=1S/C23H22N4O3/c1-16-5-7-17(8-6-16)21(28)19-20(18-4-2-9-24-14-18)27(23(30)22(19)29)12-3-11-26-13-10-25-15-26/h2,4-10,13-15,19-20H,3,11-12H2,1H3. The molecule has 2 unspecified atom stereocenters. The van der Waals surface area contributed by atoms with Gasteiger partial charge in [-0.05, 0) is 25.0 Å². The number of carbonyl (C=O) groups excluding carboxylic acids is 3. The van der Waals surface area contributed by atoms with Crippen LogP contribution in [0.15, 0.2) is 67.5 Å². The van der Waals surface area contributed by atoms with E-state index in [9.17, 15) is 14.4 Å². The molecular formula is C23H22N4O3. The molecule has 2 atom stereocenters. The number of imidazole rings is 1. The Morgan fingerprint density at radius 2 is 1.83 bits per heavy atom. The molecule has 1 saturated heterocycles. The largest absolute Gasteiger partial charge is 0.337 e. The molecule has 3 heterocycles. The highest BCUT2D eigenvalue weighted by atomic mass is 16.2. The van der Waals surface area contributed by atoms with Crippen molar-refractivity contribution in [1.29, 1.82) is 0 Å². The molecule has 3 aromatic rings. The van der Waals surface area contributed by atoms with Crippen LogP contribution < -0.4 is 0 Å². The molecule has 152 valence electrons. The number of amides is 1. The summed E-state index contributed by atoms with van der Waals surface area (Å²) in [5, 5.41) is 0. The van der Waals surface area contributed by atoms with Gasteiger partial charge in [-0.25, -0.2) is 4.98 Å². The zero-order chi connectivity index (χ0) is 21.1. The second-order valence-corrected chi connectivity index (χ2v) is 7.46. The third kappa shape index (κ3) is 3.78. The minimum Gasteiger partial charge on any atom is -0.337 e. The first-order chi connectivity index (χ1) is 14.6. The number of hydrogen-bond donors (Lipinski definition) is 0. The van der Waals surface area contributed by atoms with Crippen molar-refractivity contribution in [2.75, 3.05) is 6.54 Å². The molecule has 30 heavy (non-hydrogen) atoms. The van der Waals surface area contributed by atoms with E-state index in [1.54, 1.807) is 43.1 Å². The van der Waals surface area contributed by atoms with E-state index < -0.39 is 23.7 Å². The molecule has 0 radical (unpaired) electrons. The molecule has 7 nitrogen and oxygen atoms in total. The van der Waals surface area contributed by atoms with E-state index in [1.807, 2.05) is 35.9 Å². The fourth-order valence-corrected chi connectivity index (χ4v) is 3.89. The molecule has 1 aliphatic heterocycles.